The molecule has 7 rings (SSSR count). The Morgan fingerprint density at radius 3 is 1.90 bits per heavy atom. The van der Waals surface area contributed by atoms with Crippen molar-refractivity contribution in [2.75, 3.05) is 27.3 Å². The van der Waals surface area contributed by atoms with Crippen LogP contribution in [-0.2, 0) is 19.1 Å². The first-order valence-electron chi connectivity index (χ1n) is 20.0. The van der Waals surface area contributed by atoms with Gasteiger partial charge in [0.05, 0.1) is 50.1 Å². The van der Waals surface area contributed by atoms with E-state index in [0.29, 0.717) is 31.2 Å². The van der Waals surface area contributed by atoms with Gasteiger partial charge in [0.1, 0.15) is 35.1 Å². The van der Waals surface area contributed by atoms with Crippen LogP contribution < -0.4 is 10.6 Å². The number of rotatable bonds is 12. The molecule has 58 heavy (non-hydrogen) atoms. The molecule has 4 atom stereocenters. The Balaban J connectivity index is 1.03. The summed E-state index contributed by atoms with van der Waals surface area (Å²) in [5, 5.41) is 6.35. The van der Waals surface area contributed by atoms with Crippen molar-refractivity contribution >= 4 is 35.0 Å². The van der Waals surface area contributed by atoms with E-state index in [9.17, 15) is 19.2 Å². The second-order valence-corrected chi connectivity index (χ2v) is 15.9. The number of imidazole rings is 2. The summed E-state index contributed by atoms with van der Waals surface area (Å²) in [4.78, 5) is 71.1. The molecule has 15 heteroatoms. The fraction of sp³-hybridized carbons (Fsp3) is 0.442. The van der Waals surface area contributed by atoms with Crippen LogP contribution in [0.15, 0.2) is 65.3 Å². The van der Waals surface area contributed by atoms with E-state index in [4.69, 9.17) is 18.9 Å². The highest BCUT2D eigenvalue weighted by Crippen LogP contribution is 2.36. The lowest BCUT2D eigenvalue weighted by Crippen LogP contribution is -2.51. The standard InChI is InChI=1S/C43H52N8O7/c1-24(2)19-30(48-42(54)56-5)40(52)50-17-7-9-33(50)38-45-23-32(47-38)28-15-16-35-29(20-28)21-36(58-35)27-13-11-26(12-14-27)31-22-44-39(46-31)34-10-8-18-51(34)41(53)37(25(3)4)49-43(55)57-6/h11-16,20-25,30,33-34,37H,7-10,17-19H2,1-6H3,(H,44,46)(H,45,47)(H,48,54)(H,49,55)/t30-,33-,34-,37-/m0/s1. The first kappa shape index (κ1) is 40.1. The van der Waals surface area contributed by atoms with Crippen LogP contribution in [0.3, 0.4) is 0 Å². The maximum Gasteiger partial charge on any atom is 0.407 e. The monoisotopic (exact) mass is 792 g/mol. The predicted octanol–water partition coefficient (Wildman–Crippen LogP) is 7.36. The zero-order chi connectivity index (χ0) is 41.1. The number of amides is 4. The molecular formula is C43H52N8O7. The minimum absolute atomic E-state index is 0.113. The Kier molecular flexibility index (Phi) is 11.9. The van der Waals surface area contributed by atoms with E-state index in [2.05, 4.69) is 31.7 Å². The summed E-state index contributed by atoms with van der Waals surface area (Å²) < 4.78 is 15.8. The van der Waals surface area contributed by atoms with Crippen LogP contribution in [0.25, 0.3) is 44.8 Å². The Bertz CT molecular complexity index is 2260. The summed E-state index contributed by atoms with van der Waals surface area (Å²) >= 11 is 0. The van der Waals surface area contributed by atoms with Gasteiger partial charge in [0.2, 0.25) is 11.8 Å². The SMILES string of the molecule is COC(=O)N[C@@H](CC(C)C)C(=O)N1CCC[C@H]1c1ncc(-c2ccc3oc(-c4ccc(-c5cnc([C@@H]6CCCN6C(=O)[C@@H](NC(=O)OC)C(C)C)[nH]5)cc4)cc3c2)[nH]1. The molecule has 0 saturated carbocycles. The number of ether oxygens (including phenoxy) is 2. The lowest BCUT2D eigenvalue weighted by atomic mass is 10.0. The largest absolute Gasteiger partial charge is 0.456 e. The van der Waals surface area contributed by atoms with Gasteiger partial charge in [0.25, 0.3) is 0 Å². The first-order valence-corrected chi connectivity index (χ1v) is 20.0. The summed E-state index contributed by atoms with van der Waals surface area (Å²) in [6.07, 6.45) is 6.06. The van der Waals surface area contributed by atoms with E-state index < -0.39 is 24.3 Å². The number of aromatic nitrogens is 4. The molecule has 2 aliphatic heterocycles. The van der Waals surface area contributed by atoms with Gasteiger partial charge in [-0.3, -0.25) is 9.59 Å². The Labute approximate surface area is 337 Å². The third kappa shape index (κ3) is 8.43. The van der Waals surface area contributed by atoms with E-state index in [0.717, 1.165) is 70.5 Å². The molecule has 0 bridgehead atoms. The molecule has 3 aromatic heterocycles. The maximum absolute atomic E-state index is 13.7. The van der Waals surface area contributed by atoms with Gasteiger partial charge in [-0.2, -0.15) is 0 Å². The highest BCUT2D eigenvalue weighted by molar-refractivity contribution is 5.88. The number of alkyl carbamates (subject to hydrolysis) is 2. The number of carbonyl (C=O) groups is 4. The van der Waals surface area contributed by atoms with Gasteiger partial charge in [0.15, 0.2) is 0 Å². The Morgan fingerprint density at radius 2 is 1.31 bits per heavy atom. The molecule has 4 N–H and O–H groups in total. The van der Waals surface area contributed by atoms with Gasteiger partial charge in [-0.15, -0.1) is 0 Å². The summed E-state index contributed by atoms with van der Waals surface area (Å²) in [5.41, 5.74) is 5.21. The number of aromatic amines is 2. The zero-order valence-electron chi connectivity index (χ0n) is 33.8. The van der Waals surface area contributed by atoms with Crippen molar-refractivity contribution in [3.63, 3.8) is 0 Å². The molecule has 4 amide bonds. The molecule has 306 valence electrons. The number of nitrogens with one attached hydrogen (secondary N) is 4. The number of hydrogen-bond acceptors (Lipinski definition) is 9. The quantitative estimate of drug-likeness (QED) is 0.100. The number of furan rings is 1. The molecular weight excluding hydrogens is 741 g/mol. The fourth-order valence-electron chi connectivity index (χ4n) is 8.07. The molecule has 0 radical (unpaired) electrons. The van der Waals surface area contributed by atoms with Crippen molar-refractivity contribution in [3.8, 4) is 33.8 Å². The van der Waals surface area contributed by atoms with Gasteiger partial charge in [-0.05, 0) is 73.8 Å². The summed E-state index contributed by atoms with van der Waals surface area (Å²) in [6, 6.07) is 14.2. The minimum Gasteiger partial charge on any atom is -0.456 e. The average Bonchev–Trinajstić information content (AvgIpc) is 4.07. The van der Waals surface area contributed by atoms with E-state index >= 15 is 0 Å². The Hall–Kier alpha value is -6.12. The lowest BCUT2D eigenvalue weighted by Gasteiger charge is -2.30. The van der Waals surface area contributed by atoms with Crippen molar-refractivity contribution in [2.45, 2.75) is 84.0 Å². The van der Waals surface area contributed by atoms with Crippen LogP contribution in [0, 0.1) is 11.8 Å². The van der Waals surface area contributed by atoms with E-state index in [1.54, 1.807) is 17.3 Å². The number of hydrogen-bond donors (Lipinski definition) is 4. The second kappa shape index (κ2) is 17.2. The number of carbonyl (C=O) groups excluding carboxylic acids is 4. The van der Waals surface area contributed by atoms with Gasteiger partial charge in [-0.1, -0.05) is 52.0 Å². The van der Waals surface area contributed by atoms with Crippen molar-refractivity contribution < 1.29 is 33.1 Å². The van der Waals surface area contributed by atoms with Crippen LogP contribution in [0.5, 0.6) is 0 Å². The normalized spacial score (nSPS) is 17.9. The zero-order valence-corrected chi connectivity index (χ0v) is 33.8. The van der Waals surface area contributed by atoms with Crippen LogP contribution in [0.2, 0.25) is 0 Å². The van der Waals surface area contributed by atoms with Crippen molar-refractivity contribution in [2.24, 2.45) is 11.8 Å². The summed E-state index contributed by atoms with van der Waals surface area (Å²) in [5.74, 6) is 1.95. The third-order valence-electron chi connectivity index (χ3n) is 11.1. The van der Waals surface area contributed by atoms with Crippen molar-refractivity contribution in [3.05, 3.63) is 72.6 Å². The average molecular weight is 793 g/mol. The van der Waals surface area contributed by atoms with Gasteiger partial charge in [0, 0.05) is 29.6 Å². The smallest absolute Gasteiger partial charge is 0.407 e. The Morgan fingerprint density at radius 1 is 0.759 bits per heavy atom. The molecule has 0 unspecified atom stereocenters. The topological polar surface area (TPSA) is 188 Å². The van der Waals surface area contributed by atoms with E-state index in [-0.39, 0.29) is 35.7 Å². The third-order valence-corrected chi connectivity index (χ3v) is 11.1. The molecule has 2 aromatic carbocycles. The second-order valence-electron chi connectivity index (χ2n) is 15.9. The van der Waals surface area contributed by atoms with Gasteiger partial charge in [-0.25, -0.2) is 19.6 Å². The number of fused-ring (bicyclic) bond motifs is 1. The molecule has 15 nitrogen and oxygen atoms in total. The van der Waals surface area contributed by atoms with Crippen LogP contribution in [-0.4, -0.2) is 93.1 Å². The van der Waals surface area contributed by atoms with Crippen molar-refractivity contribution in [1.82, 2.24) is 40.4 Å². The number of benzene rings is 2. The molecule has 5 aromatic rings. The molecule has 0 aliphatic carbocycles. The molecule has 5 heterocycles. The van der Waals surface area contributed by atoms with Crippen LogP contribution in [0.4, 0.5) is 9.59 Å². The van der Waals surface area contributed by atoms with E-state index in [1.807, 2.05) is 75.1 Å². The van der Waals surface area contributed by atoms with Gasteiger partial charge >= 0.3 is 12.2 Å². The fourth-order valence-corrected chi connectivity index (χ4v) is 8.07. The van der Waals surface area contributed by atoms with Crippen LogP contribution in [0.1, 0.15) is 83.5 Å². The predicted molar refractivity (Wildman–Crippen MR) is 217 cm³/mol. The maximum atomic E-state index is 13.7. The molecule has 0 spiro atoms. The number of likely N-dealkylation sites (tertiary alicyclic amines) is 2. The number of H-pyrrole nitrogens is 2. The molecule has 2 saturated heterocycles. The molecule has 2 fully saturated rings. The van der Waals surface area contributed by atoms with E-state index in [1.165, 1.54) is 14.2 Å². The summed E-state index contributed by atoms with van der Waals surface area (Å²) in [6.45, 7) is 9.00. The number of methoxy groups -OCH3 is 2. The highest BCUT2D eigenvalue weighted by atomic mass is 16.5. The lowest BCUT2D eigenvalue weighted by molar-refractivity contribution is -0.136. The number of nitrogens with zero attached hydrogens (tertiary/aromatic N) is 4. The first-order chi connectivity index (χ1) is 27.9. The van der Waals surface area contributed by atoms with Gasteiger partial charge < -0.3 is 44.3 Å². The highest BCUT2D eigenvalue weighted by Gasteiger charge is 2.38. The minimum atomic E-state index is -0.697. The van der Waals surface area contributed by atoms with Crippen LogP contribution >= 0.6 is 0 Å². The van der Waals surface area contributed by atoms with Crippen molar-refractivity contribution in [1.29, 1.82) is 0 Å². The molecule has 2 aliphatic rings. The summed E-state index contributed by atoms with van der Waals surface area (Å²) in [7, 11) is 2.58.